The summed E-state index contributed by atoms with van der Waals surface area (Å²) in [6.07, 6.45) is 0. The van der Waals surface area contributed by atoms with Crippen molar-refractivity contribution in [1.29, 1.82) is 0 Å². The molecule has 73 heavy (non-hydrogen) atoms. The maximum Gasteiger partial charge on any atom is 0.0547 e. The second-order valence-electron chi connectivity index (χ2n) is 20.8. The molecule has 2 nitrogen and oxygen atoms in total. The van der Waals surface area contributed by atoms with E-state index in [2.05, 4.69) is 241 Å². The highest BCUT2D eigenvalue weighted by atomic mass is 32.1. The topological polar surface area (TPSA) is 9.86 Å². The van der Waals surface area contributed by atoms with Crippen molar-refractivity contribution in [2.45, 2.75) is 19.3 Å². The maximum absolute atomic E-state index is 2.55. The van der Waals surface area contributed by atoms with Crippen molar-refractivity contribution in [2.75, 3.05) is 0 Å². The average Bonchev–Trinajstić information content (AvgIpc) is 4.23. The standard InChI is InChI=1S/C69H42N2S2/c1-69(2)59-36-52-46-17-6-4-15-44(46)43-14-3-5-16-45(43)51(52)35-53(59)54-38-64-57(37-60(54)69)56-33-40(27-30-63(56)71(64)41-28-31-67-58(34-41)49-20-9-11-24-65(49)72-67)70-61-23-10-7-18-47(61)55-32-39(26-29-62(55)70)42-21-13-22-50-48-19-8-12-25-66(48)73-68(42)50/h3-38H,1-2H3. The second kappa shape index (κ2) is 14.3. The number of fused-ring (bicyclic) bond motifs is 21. The Labute approximate surface area is 427 Å². The van der Waals surface area contributed by atoms with Crippen molar-refractivity contribution >= 4 is 139 Å². The third-order valence-electron chi connectivity index (χ3n) is 16.7. The van der Waals surface area contributed by atoms with Crippen LogP contribution in [0.4, 0.5) is 0 Å². The number of thiophene rings is 2. The summed E-state index contributed by atoms with van der Waals surface area (Å²) >= 11 is 3.77. The van der Waals surface area contributed by atoms with Gasteiger partial charge in [-0.1, -0.05) is 141 Å². The Balaban J connectivity index is 0.920. The molecule has 0 saturated carbocycles. The van der Waals surface area contributed by atoms with Gasteiger partial charge >= 0.3 is 0 Å². The van der Waals surface area contributed by atoms with Gasteiger partial charge in [0.1, 0.15) is 0 Å². The van der Waals surface area contributed by atoms with E-state index in [-0.39, 0.29) is 5.41 Å². The average molecular weight is 963 g/mol. The number of hydrogen-bond acceptors (Lipinski definition) is 2. The van der Waals surface area contributed by atoms with Gasteiger partial charge in [-0.3, -0.25) is 0 Å². The smallest absolute Gasteiger partial charge is 0.0547 e. The lowest BCUT2D eigenvalue weighted by atomic mass is 9.81. The highest BCUT2D eigenvalue weighted by Crippen LogP contribution is 2.54. The molecule has 1 aliphatic carbocycles. The molecule has 1 aliphatic rings. The molecule has 0 N–H and O–H groups in total. The fourth-order valence-corrected chi connectivity index (χ4v) is 15.6. The van der Waals surface area contributed by atoms with Gasteiger partial charge in [0, 0.05) is 78.7 Å². The summed E-state index contributed by atoms with van der Waals surface area (Å²) in [6.45, 7) is 4.87. The first-order valence-corrected chi connectivity index (χ1v) is 26.9. The molecule has 0 atom stereocenters. The molecule has 0 spiro atoms. The van der Waals surface area contributed by atoms with E-state index in [1.807, 2.05) is 22.7 Å². The zero-order valence-electron chi connectivity index (χ0n) is 40.0. The summed E-state index contributed by atoms with van der Waals surface area (Å²) in [6, 6.07) is 82.9. The van der Waals surface area contributed by atoms with Gasteiger partial charge in [0.15, 0.2) is 0 Å². The minimum Gasteiger partial charge on any atom is -0.309 e. The van der Waals surface area contributed by atoms with Crippen LogP contribution in [-0.4, -0.2) is 9.13 Å². The normalized spacial score (nSPS) is 13.5. The molecule has 340 valence electrons. The Morgan fingerprint density at radius 1 is 0.288 bits per heavy atom. The highest BCUT2D eigenvalue weighted by Gasteiger charge is 2.37. The largest absolute Gasteiger partial charge is 0.309 e. The summed E-state index contributed by atoms with van der Waals surface area (Å²) in [4.78, 5) is 0. The van der Waals surface area contributed by atoms with Crippen LogP contribution >= 0.6 is 22.7 Å². The zero-order valence-corrected chi connectivity index (χ0v) is 41.6. The van der Waals surface area contributed by atoms with Crippen molar-refractivity contribution < 1.29 is 0 Å². The van der Waals surface area contributed by atoms with Gasteiger partial charge in [0.2, 0.25) is 0 Å². The molecule has 16 aromatic rings. The van der Waals surface area contributed by atoms with E-state index in [1.54, 1.807) is 0 Å². The summed E-state index contributed by atoms with van der Waals surface area (Å²) in [5, 5.41) is 18.2. The van der Waals surface area contributed by atoms with Crippen LogP contribution in [0.3, 0.4) is 0 Å². The SMILES string of the molecule is CC1(C)c2cc3c4ccccc4c4ccccc4c3cc2-c2cc3c(cc21)c1cc(-n2c4ccccc4c4cc(-c5cccc6c5sc5ccccc56)ccc42)ccc1n3-c1ccc2sc3ccccc3c2c1. The summed E-state index contributed by atoms with van der Waals surface area (Å²) in [5.74, 6) is 0. The molecule has 12 aromatic carbocycles. The van der Waals surface area contributed by atoms with Gasteiger partial charge in [-0.25, -0.2) is 0 Å². The molecule has 17 rings (SSSR count). The van der Waals surface area contributed by atoms with E-state index in [1.165, 1.54) is 155 Å². The molecule has 4 aromatic heterocycles. The molecule has 0 bridgehead atoms. The molecular weight excluding hydrogens is 921 g/mol. The van der Waals surface area contributed by atoms with E-state index in [0.717, 1.165) is 5.69 Å². The van der Waals surface area contributed by atoms with Crippen LogP contribution in [0.5, 0.6) is 0 Å². The number of aromatic nitrogens is 2. The Hall–Kier alpha value is -8.54. The van der Waals surface area contributed by atoms with Gasteiger partial charge in [-0.15, -0.1) is 22.7 Å². The van der Waals surface area contributed by atoms with Crippen molar-refractivity contribution in [3.63, 3.8) is 0 Å². The molecule has 0 aliphatic heterocycles. The lowest BCUT2D eigenvalue weighted by molar-refractivity contribution is 0.662. The predicted molar refractivity (Wildman–Crippen MR) is 316 cm³/mol. The molecule has 0 unspecified atom stereocenters. The van der Waals surface area contributed by atoms with Gasteiger partial charge < -0.3 is 9.13 Å². The predicted octanol–water partition coefficient (Wildman–Crippen LogP) is 20.0. The quantitative estimate of drug-likeness (QED) is 0.156. The fourth-order valence-electron chi connectivity index (χ4n) is 13.3. The monoisotopic (exact) mass is 962 g/mol. The number of benzene rings is 12. The number of hydrogen-bond donors (Lipinski definition) is 0. The van der Waals surface area contributed by atoms with E-state index >= 15 is 0 Å². The minimum absolute atomic E-state index is 0.231. The summed E-state index contributed by atoms with van der Waals surface area (Å²) < 4.78 is 10.3. The maximum atomic E-state index is 2.55. The highest BCUT2D eigenvalue weighted by molar-refractivity contribution is 7.26. The number of nitrogens with zero attached hydrogens (tertiary/aromatic N) is 2. The molecule has 0 radical (unpaired) electrons. The van der Waals surface area contributed by atoms with E-state index in [9.17, 15) is 0 Å². The Bertz CT molecular complexity index is 5130. The number of para-hydroxylation sites is 1. The third kappa shape index (κ3) is 5.36. The first-order valence-electron chi connectivity index (χ1n) is 25.3. The molecule has 4 heterocycles. The molecule has 0 amide bonds. The van der Waals surface area contributed by atoms with Crippen LogP contribution in [0.1, 0.15) is 25.0 Å². The van der Waals surface area contributed by atoms with Crippen molar-refractivity contribution in [1.82, 2.24) is 9.13 Å². The van der Waals surface area contributed by atoms with Crippen LogP contribution < -0.4 is 0 Å². The van der Waals surface area contributed by atoms with Crippen LogP contribution in [0.25, 0.3) is 150 Å². The minimum atomic E-state index is -0.231. The van der Waals surface area contributed by atoms with E-state index in [0.29, 0.717) is 0 Å². The van der Waals surface area contributed by atoms with Gasteiger partial charge in [0.25, 0.3) is 0 Å². The van der Waals surface area contributed by atoms with Gasteiger partial charge in [-0.2, -0.15) is 0 Å². The molecule has 0 saturated heterocycles. The lowest BCUT2D eigenvalue weighted by Crippen LogP contribution is -2.15. The Morgan fingerprint density at radius 3 is 1.51 bits per heavy atom. The summed E-state index contributed by atoms with van der Waals surface area (Å²) in [5.41, 5.74) is 14.9. The Kier molecular flexibility index (Phi) is 7.87. The van der Waals surface area contributed by atoms with Crippen LogP contribution in [-0.2, 0) is 5.41 Å². The Morgan fingerprint density at radius 2 is 0.767 bits per heavy atom. The lowest BCUT2D eigenvalue weighted by Gasteiger charge is -2.22. The van der Waals surface area contributed by atoms with Crippen LogP contribution in [0.15, 0.2) is 218 Å². The van der Waals surface area contributed by atoms with Crippen molar-refractivity contribution in [3.05, 3.63) is 230 Å². The second-order valence-corrected chi connectivity index (χ2v) is 22.9. The first kappa shape index (κ1) is 40.1. The van der Waals surface area contributed by atoms with Crippen LogP contribution in [0, 0.1) is 0 Å². The van der Waals surface area contributed by atoms with Crippen molar-refractivity contribution in [3.8, 4) is 33.6 Å². The molecule has 0 fully saturated rings. The summed E-state index contributed by atoms with van der Waals surface area (Å²) in [7, 11) is 0. The van der Waals surface area contributed by atoms with Gasteiger partial charge in [-0.05, 0) is 157 Å². The first-order chi connectivity index (χ1) is 35.9. The third-order valence-corrected chi connectivity index (χ3v) is 19.0. The fraction of sp³-hybridized carbons (Fsp3) is 0.0435. The number of rotatable bonds is 3. The van der Waals surface area contributed by atoms with Gasteiger partial charge in [0.05, 0.1) is 22.1 Å². The van der Waals surface area contributed by atoms with E-state index in [4.69, 9.17) is 0 Å². The molecule has 4 heteroatoms. The van der Waals surface area contributed by atoms with Crippen LogP contribution in [0.2, 0.25) is 0 Å². The van der Waals surface area contributed by atoms with E-state index < -0.39 is 0 Å². The molecular formula is C69H42N2S2. The van der Waals surface area contributed by atoms with Crippen molar-refractivity contribution in [2.24, 2.45) is 0 Å². The zero-order chi connectivity index (χ0) is 47.8.